The third kappa shape index (κ3) is 2.51. The normalized spacial score (nSPS) is 25.2. The summed E-state index contributed by atoms with van der Waals surface area (Å²) in [6, 6.07) is -0.941. The maximum absolute atomic E-state index is 10.5. The number of nitrogens with two attached hydrogens (primary N) is 1. The van der Waals surface area contributed by atoms with E-state index in [0.717, 1.165) is 5.57 Å². The van der Waals surface area contributed by atoms with E-state index in [-0.39, 0.29) is 12.8 Å². The van der Waals surface area contributed by atoms with Crippen LogP contribution in [0.4, 0.5) is 0 Å². The molecule has 1 rings (SSSR count). The molecular formula is C9H13NO2. The highest BCUT2D eigenvalue weighted by molar-refractivity contribution is 5.73. The summed E-state index contributed by atoms with van der Waals surface area (Å²) in [6.45, 7) is 0. The Bertz CT molecular complexity index is 297. The van der Waals surface area contributed by atoms with Crippen LogP contribution in [0.15, 0.2) is 23.8 Å². The Morgan fingerprint density at radius 2 is 2.67 bits per heavy atom. The zero-order valence-corrected chi connectivity index (χ0v) is 6.66. The van der Waals surface area contributed by atoms with Crippen LogP contribution in [0.3, 0.4) is 0 Å². The molecule has 0 aromatic heterocycles. The van der Waals surface area contributed by atoms with Gasteiger partial charge in [0.05, 0.1) is 0 Å². The number of carbonyl (C=O) groups is 1. The number of hydrogen-bond acceptors (Lipinski definition) is 2. The van der Waals surface area contributed by atoms with Crippen LogP contribution >= 0.6 is 0 Å². The molecular weight excluding hydrogens is 154 g/mol. The second kappa shape index (κ2) is 4.07. The molecule has 0 fully saturated rings. The Hall–Kier alpha value is -1.09. The highest BCUT2D eigenvalue weighted by Gasteiger charge is 2.13. The van der Waals surface area contributed by atoms with Gasteiger partial charge in [-0.05, 0) is 19.2 Å². The molecule has 0 heterocycles. The fourth-order valence-corrected chi connectivity index (χ4v) is 1.01. The van der Waals surface area contributed by atoms with Crippen molar-refractivity contribution in [2.45, 2.75) is 25.3 Å². The summed E-state index contributed by atoms with van der Waals surface area (Å²) in [4.78, 5) is 10.5. The van der Waals surface area contributed by atoms with Crippen LogP contribution in [0.25, 0.3) is 0 Å². The van der Waals surface area contributed by atoms with E-state index in [2.05, 4.69) is 0 Å². The molecule has 3 nitrogen and oxygen atoms in total. The molecule has 1 unspecified atom stereocenters. The van der Waals surface area contributed by atoms with Crippen LogP contribution in [0, 0.1) is 0 Å². The van der Waals surface area contributed by atoms with Crippen LogP contribution in [0.1, 0.15) is 22.0 Å². The lowest BCUT2D eigenvalue weighted by molar-refractivity contribution is -0.138. The molecule has 0 saturated heterocycles. The zero-order valence-electron chi connectivity index (χ0n) is 8.66. The summed E-state index contributed by atoms with van der Waals surface area (Å²) in [7, 11) is 0. The fourth-order valence-electron chi connectivity index (χ4n) is 1.01. The first-order chi connectivity index (χ1) is 6.41. The quantitative estimate of drug-likeness (QED) is 0.664. The Morgan fingerprint density at radius 1 is 1.92 bits per heavy atom. The molecule has 3 heteroatoms. The largest absolute Gasteiger partial charge is 0.480 e. The van der Waals surface area contributed by atoms with Crippen molar-refractivity contribution in [2.75, 3.05) is 0 Å². The van der Waals surface area contributed by atoms with E-state index in [9.17, 15) is 4.79 Å². The van der Waals surface area contributed by atoms with E-state index >= 15 is 0 Å². The van der Waals surface area contributed by atoms with Crippen molar-refractivity contribution in [1.82, 2.24) is 0 Å². The molecule has 0 radical (unpaired) electrons. The molecule has 12 heavy (non-hydrogen) atoms. The Morgan fingerprint density at radius 3 is 3.25 bits per heavy atom. The molecule has 1 atom stereocenters. The molecule has 0 saturated carbocycles. The summed E-state index contributed by atoms with van der Waals surface area (Å²) >= 11 is 0. The van der Waals surface area contributed by atoms with Gasteiger partial charge in [0, 0.05) is 2.74 Å². The first-order valence-corrected chi connectivity index (χ1v) is 3.76. The Labute approximate surface area is 74.4 Å². The van der Waals surface area contributed by atoms with E-state index in [1.165, 1.54) is 6.08 Å². The van der Waals surface area contributed by atoms with Gasteiger partial charge in [0.25, 0.3) is 0 Å². The van der Waals surface area contributed by atoms with Crippen molar-refractivity contribution < 1.29 is 12.6 Å². The number of allylic oxidation sites excluding steroid dienone is 3. The minimum absolute atomic E-state index is 0.208. The minimum atomic E-state index is -1.37. The van der Waals surface area contributed by atoms with Gasteiger partial charge in [-0.25, -0.2) is 0 Å². The molecule has 1 aliphatic carbocycles. The Balaban J connectivity index is 2.59. The molecule has 0 aliphatic heterocycles. The maximum Gasteiger partial charge on any atom is 0.320 e. The standard InChI is InChI=1S/C9H13NO2/c10-8(9(11)12)6-7-4-2-1-3-5-7/h1-2,4,8H,3,5-6,10H2,(H,11,12)/i3D2. The highest BCUT2D eigenvalue weighted by Crippen LogP contribution is 2.16. The maximum atomic E-state index is 10.5. The van der Waals surface area contributed by atoms with E-state index in [0.29, 0.717) is 0 Å². The minimum Gasteiger partial charge on any atom is -0.480 e. The average molecular weight is 169 g/mol. The highest BCUT2D eigenvalue weighted by atomic mass is 16.4. The van der Waals surface area contributed by atoms with Crippen LogP contribution in [0.5, 0.6) is 0 Å². The predicted octanol–water partition coefficient (Wildman–Crippen LogP) is 1.06. The molecule has 3 N–H and O–H groups in total. The molecule has 0 aromatic rings. The lowest BCUT2D eigenvalue weighted by atomic mass is 9.98. The smallest absolute Gasteiger partial charge is 0.320 e. The van der Waals surface area contributed by atoms with Gasteiger partial charge in [0.2, 0.25) is 0 Å². The van der Waals surface area contributed by atoms with Gasteiger partial charge in [-0.3, -0.25) is 4.79 Å². The summed E-state index contributed by atoms with van der Waals surface area (Å²) in [6.07, 6.45) is 3.85. The lowest BCUT2D eigenvalue weighted by Gasteiger charge is -2.11. The van der Waals surface area contributed by atoms with Crippen LogP contribution in [-0.4, -0.2) is 17.1 Å². The van der Waals surface area contributed by atoms with Crippen molar-refractivity contribution >= 4 is 5.97 Å². The first-order valence-electron chi connectivity index (χ1n) is 4.76. The van der Waals surface area contributed by atoms with Crippen molar-refractivity contribution in [3.63, 3.8) is 0 Å². The van der Waals surface area contributed by atoms with Gasteiger partial charge in [-0.2, -0.15) is 0 Å². The van der Waals surface area contributed by atoms with Gasteiger partial charge in [0.15, 0.2) is 0 Å². The number of aliphatic carboxylic acids is 1. The first kappa shape index (κ1) is 6.43. The predicted molar refractivity (Wildman–Crippen MR) is 46.7 cm³/mol. The van der Waals surface area contributed by atoms with E-state index in [4.69, 9.17) is 13.6 Å². The second-order valence-electron chi connectivity index (χ2n) is 2.71. The molecule has 0 amide bonds. The Kier molecular flexibility index (Phi) is 2.18. The van der Waals surface area contributed by atoms with Crippen molar-refractivity contribution in [3.8, 4) is 0 Å². The van der Waals surface area contributed by atoms with Gasteiger partial charge in [-0.1, -0.05) is 23.8 Å². The lowest BCUT2D eigenvalue weighted by Crippen LogP contribution is -2.30. The van der Waals surface area contributed by atoms with Gasteiger partial charge in [0.1, 0.15) is 6.04 Å². The summed E-state index contributed by atoms with van der Waals surface area (Å²) in [5, 5.41) is 8.58. The monoisotopic (exact) mass is 169 g/mol. The number of carboxylic acids is 1. The SMILES string of the molecule is [2H]C1([2H])C=CC=C(CC(N)C(=O)O)C1. The van der Waals surface area contributed by atoms with E-state index in [1.807, 2.05) is 0 Å². The molecule has 0 spiro atoms. The molecule has 0 aromatic carbocycles. The summed E-state index contributed by atoms with van der Waals surface area (Å²) < 4.78 is 14.9. The van der Waals surface area contributed by atoms with Crippen molar-refractivity contribution in [1.29, 1.82) is 0 Å². The van der Waals surface area contributed by atoms with Gasteiger partial charge < -0.3 is 10.8 Å². The third-order valence-corrected chi connectivity index (χ3v) is 1.67. The molecule has 66 valence electrons. The second-order valence-corrected chi connectivity index (χ2v) is 2.71. The van der Waals surface area contributed by atoms with Crippen LogP contribution < -0.4 is 5.73 Å². The van der Waals surface area contributed by atoms with E-state index < -0.39 is 18.4 Å². The molecule has 0 bridgehead atoms. The van der Waals surface area contributed by atoms with Crippen molar-refractivity contribution in [3.05, 3.63) is 23.8 Å². The third-order valence-electron chi connectivity index (χ3n) is 1.67. The number of rotatable bonds is 3. The number of carboxylic acid groups (broad SMARTS) is 1. The summed E-state index contributed by atoms with van der Waals surface area (Å²) in [5.41, 5.74) is 6.09. The fraction of sp³-hybridized carbons (Fsp3) is 0.444. The topological polar surface area (TPSA) is 63.3 Å². The number of hydrogen-bond donors (Lipinski definition) is 2. The molecule has 1 aliphatic rings. The van der Waals surface area contributed by atoms with Gasteiger partial charge in [-0.15, -0.1) is 0 Å². The zero-order chi connectivity index (χ0) is 10.8. The van der Waals surface area contributed by atoms with Crippen LogP contribution in [0.2, 0.25) is 0 Å². The van der Waals surface area contributed by atoms with Crippen LogP contribution in [-0.2, 0) is 4.79 Å². The van der Waals surface area contributed by atoms with Gasteiger partial charge >= 0.3 is 5.97 Å². The van der Waals surface area contributed by atoms with E-state index in [1.54, 1.807) is 12.2 Å². The van der Waals surface area contributed by atoms with Crippen molar-refractivity contribution in [2.24, 2.45) is 5.73 Å². The average Bonchev–Trinajstić information content (AvgIpc) is 2.01. The summed E-state index contributed by atoms with van der Waals surface area (Å²) in [5.74, 6) is -1.05.